The molecule has 0 spiro atoms. The molecule has 4 atom stereocenters. The van der Waals surface area contributed by atoms with Crippen molar-refractivity contribution < 1.29 is 47.6 Å². The van der Waals surface area contributed by atoms with E-state index in [1.54, 1.807) is 19.9 Å². The van der Waals surface area contributed by atoms with E-state index in [1.807, 2.05) is 44.2 Å². The molecule has 1 aromatic heterocycles. The monoisotopic (exact) mass is 667 g/mol. The molecule has 0 radical (unpaired) electrons. The Balaban J connectivity index is 1.64. The number of methoxy groups -OCH3 is 1. The summed E-state index contributed by atoms with van der Waals surface area (Å²) in [5, 5.41) is 9.62. The lowest BCUT2D eigenvalue weighted by molar-refractivity contribution is -0.165. The van der Waals surface area contributed by atoms with Gasteiger partial charge in [0.2, 0.25) is 0 Å². The van der Waals surface area contributed by atoms with Gasteiger partial charge in [0.05, 0.1) is 30.3 Å². The Kier molecular flexibility index (Phi) is 12.8. The highest BCUT2D eigenvalue weighted by Crippen LogP contribution is 2.37. The molecule has 0 unspecified atom stereocenters. The first-order valence-electron chi connectivity index (χ1n) is 14.3. The van der Waals surface area contributed by atoms with Crippen LogP contribution in [0.4, 0.5) is 4.79 Å². The lowest BCUT2D eigenvalue weighted by Gasteiger charge is -2.33. The normalized spacial score (nSPS) is 18.4. The maximum atomic E-state index is 13.7. The van der Waals surface area contributed by atoms with Gasteiger partial charge in [-0.3, -0.25) is 9.59 Å². The average Bonchev–Trinajstić information content (AvgIpc) is 3.44. The van der Waals surface area contributed by atoms with Crippen LogP contribution in [0.15, 0.2) is 45.3 Å². The van der Waals surface area contributed by atoms with Gasteiger partial charge >= 0.3 is 12.1 Å². The maximum absolute atomic E-state index is 13.7. The molecule has 0 bridgehead atoms. The summed E-state index contributed by atoms with van der Waals surface area (Å²) in [6.45, 7) is 9.31. The number of ether oxygens (including phenoxy) is 5. The first kappa shape index (κ1) is 34.7. The van der Waals surface area contributed by atoms with Crippen LogP contribution in [-0.2, 0) is 46.3 Å². The van der Waals surface area contributed by atoms with Gasteiger partial charge in [0.25, 0.3) is 5.91 Å². The highest BCUT2D eigenvalue weighted by Gasteiger charge is 2.54. The molecule has 238 valence electrons. The number of hydrogen-bond acceptors (Lipinski definition) is 10. The molecule has 1 aliphatic heterocycles. The van der Waals surface area contributed by atoms with E-state index in [1.165, 1.54) is 14.0 Å². The Morgan fingerprint density at radius 2 is 1.88 bits per heavy atom. The van der Waals surface area contributed by atoms with Crippen LogP contribution in [0.1, 0.15) is 64.2 Å². The first-order chi connectivity index (χ1) is 20.4. The number of benzene rings is 1. The van der Waals surface area contributed by atoms with Crippen molar-refractivity contribution in [1.82, 2.24) is 4.90 Å². The fraction of sp³-hybridized carbons (Fsp3) is 0.581. The molecule has 1 aromatic carbocycles. The second kappa shape index (κ2) is 15.8. The SMILES string of the molecule is CO[C@H](C(=O)N1C(=O)OC(C)(C)[C@@H]1C(C)C)[C@H](OC(C)=O)c1cc(Br)c(CCCOC[C@@H](CO)OCc2ccccc2)o1. The Bertz CT molecular complexity index is 1210. The van der Waals surface area contributed by atoms with Crippen molar-refractivity contribution >= 4 is 33.9 Å². The number of rotatable bonds is 16. The minimum Gasteiger partial charge on any atom is -0.461 e. The van der Waals surface area contributed by atoms with Crippen LogP contribution in [0, 0.1) is 5.92 Å². The van der Waals surface area contributed by atoms with E-state index >= 15 is 0 Å². The highest BCUT2D eigenvalue weighted by atomic mass is 79.9. The largest absolute Gasteiger partial charge is 0.461 e. The maximum Gasteiger partial charge on any atom is 0.417 e. The first-order valence-corrected chi connectivity index (χ1v) is 15.1. The topological polar surface area (TPSA) is 134 Å². The van der Waals surface area contributed by atoms with Gasteiger partial charge in [0, 0.05) is 27.1 Å². The van der Waals surface area contributed by atoms with Crippen molar-refractivity contribution in [2.75, 3.05) is 26.9 Å². The van der Waals surface area contributed by atoms with Gasteiger partial charge in [0.1, 0.15) is 23.2 Å². The van der Waals surface area contributed by atoms with Crippen molar-refractivity contribution in [3.63, 3.8) is 0 Å². The fourth-order valence-electron chi connectivity index (χ4n) is 5.25. The third-order valence-electron chi connectivity index (χ3n) is 7.06. The molecule has 43 heavy (non-hydrogen) atoms. The molecule has 0 saturated carbocycles. The lowest BCUT2D eigenvalue weighted by Crippen LogP contribution is -2.52. The van der Waals surface area contributed by atoms with Crippen molar-refractivity contribution in [2.45, 2.75) is 84.0 Å². The summed E-state index contributed by atoms with van der Waals surface area (Å²) in [6, 6.07) is 10.7. The zero-order chi connectivity index (χ0) is 31.7. The second-order valence-electron chi connectivity index (χ2n) is 11.3. The van der Waals surface area contributed by atoms with Crippen LogP contribution in [0.5, 0.6) is 0 Å². The summed E-state index contributed by atoms with van der Waals surface area (Å²) in [6.07, 6.45) is -2.82. The van der Waals surface area contributed by atoms with E-state index in [2.05, 4.69) is 15.9 Å². The zero-order valence-corrected chi connectivity index (χ0v) is 27.1. The van der Waals surface area contributed by atoms with Gasteiger partial charge in [-0.1, -0.05) is 44.2 Å². The van der Waals surface area contributed by atoms with E-state index in [-0.39, 0.29) is 24.9 Å². The Morgan fingerprint density at radius 3 is 2.49 bits per heavy atom. The number of nitrogens with zero attached hydrogens (tertiary/aromatic N) is 1. The molecule has 1 fully saturated rings. The summed E-state index contributed by atoms with van der Waals surface area (Å²) < 4.78 is 34.7. The smallest absolute Gasteiger partial charge is 0.417 e. The number of carbonyl (C=O) groups excluding carboxylic acids is 3. The third kappa shape index (κ3) is 9.12. The third-order valence-corrected chi connectivity index (χ3v) is 7.73. The predicted molar refractivity (Wildman–Crippen MR) is 159 cm³/mol. The number of esters is 1. The number of aryl methyl sites for hydroxylation is 1. The van der Waals surface area contributed by atoms with Crippen molar-refractivity contribution in [2.24, 2.45) is 5.92 Å². The molecular weight excluding hydrogens is 626 g/mol. The molecule has 1 saturated heterocycles. The van der Waals surface area contributed by atoms with Crippen molar-refractivity contribution in [3.05, 3.63) is 58.0 Å². The number of carbonyl (C=O) groups is 3. The van der Waals surface area contributed by atoms with Gasteiger partial charge in [-0.25, -0.2) is 9.69 Å². The summed E-state index contributed by atoms with van der Waals surface area (Å²) in [5.41, 5.74) is 0.0948. The summed E-state index contributed by atoms with van der Waals surface area (Å²) in [5.74, 6) is -0.720. The number of hydrogen-bond donors (Lipinski definition) is 1. The molecule has 2 heterocycles. The Hall–Kier alpha value is -2.77. The van der Waals surface area contributed by atoms with Crippen molar-refractivity contribution in [3.8, 4) is 0 Å². The number of imide groups is 1. The fourth-order valence-corrected chi connectivity index (χ4v) is 5.76. The molecular formula is C31H42BrNO10. The van der Waals surface area contributed by atoms with Gasteiger partial charge in [-0.05, 0) is 53.7 Å². The molecule has 2 aromatic rings. The van der Waals surface area contributed by atoms with Gasteiger partial charge in [0.15, 0.2) is 12.2 Å². The predicted octanol–water partition coefficient (Wildman–Crippen LogP) is 4.97. The number of furan rings is 1. The number of amides is 2. The van der Waals surface area contributed by atoms with Gasteiger partial charge in [-0.2, -0.15) is 0 Å². The zero-order valence-electron chi connectivity index (χ0n) is 25.5. The molecule has 2 amide bonds. The van der Waals surface area contributed by atoms with Crippen LogP contribution < -0.4 is 0 Å². The number of aliphatic hydroxyl groups is 1. The molecule has 3 rings (SSSR count). The van der Waals surface area contributed by atoms with Crippen molar-refractivity contribution in [1.29, 1.82) is 0 Å². The van der Waals surface area contributed by atoms with E-state index in [9.17, 15) is 19.5 Å². The van der Waals surface area contributed by atoms with Crippen LogP contribution in [0.25, 0.3) is 0 Å². The lowest BCUT2D eigenvalue weighted by atomic mass is 9.88. The number of halogens is 1. The van der Waals surface area contributed by atoms with E-state index in [0.717, 1.165) is 10.5 Å². The molecule has 0 aliphatic carbocycles. The van der Waals surface area contributed by atoms with E-state index in [0.29, 0.717) is 36.3 Å². The van der Waals surface area contributed by atoms with Crippen LogP contribution in [0.2, 0.25) is 0 Å². The van der Waals surface area contributed by atoms with Gasteiger partial charge < -0.3 is 33.2 Å². The second-order valence-corrected chi connectivity index (χ2v) is 12.1. The summed E-state index contributed by atoms with van der Waals surface area (Å²) in [7, 11) is 1.30. The summed E-state index contributed by atoms with van der Waals surface area (Å²) in [4.78, 5) is 39.7. The number of aliphatic hydroxyl groups excluding tert-OH is 1. The molecule has 1 aliphatic rings. The minimum absolute atomic E-state index is 0.107. The highest BCUT2D eigenvalue weighted by molar-refractivity contribution is 9.10. The van der Waals surface area contributed by atoms with Crippen LogP contribution >= 0.6 is 15.9 Å². The van der Waals surface area contributed by atoms with Crippen LogP contribution in [-0.4, -0.2) is 78.8 Å². The van der Waals surface area contributed by atoms with E-state index < -0.39 is 47.9 Å². The Morgan fingerprint density at radius 1 is 1.19 bits per heavy atom. The van der Waals surface area contributed by atoms with Gasteiger partial charge in [-0.15, -0.1) is 0 Å². The molecule has 11 nitrogen and oxygen atoms in total. The average molecular weight is 669 g/mol. The number of cyclic esters (lactones) is 1. The minimum atomic E-state index is -1.37. The standard InChI is InChI=1S/C31H42BrNO10/c1-19(2)28-31(4,5)43-30(37)33(28)29(36)27(38-6)26(41-20(3)35)25-15-23(32)24(42-25)13-10-14-39-18-22(16-34)40-17-21-11-8-7-9-12-21/h7-9,11-12,15,19,22,26-28,34H,10,13-14,16-18H2,1-6H3/t22-,26-,27+,28+/m1/s1. The molecule has 12 heteroatoms. The van der Waals surface area contributed by atoms with E-state index in [4.69, 9.17) is 28.1 Å². The van der Waals surface area contributed by atoms with Crippen LogP contribution in [0.3, 0.4) is 0 Å². The summed E-state index contributed by atoms with van der Waals surface area (Å²) >= 11 is 3.49. The quantitative estimate of drug-likeness (QED) is 0.193. The Labute approximate surface area is 260 Å². The molecule has 1 N–H and O–H groups in total.